The molecule has 0 spiro atoms. The van der Waals surface area contributed by atoms with E-state index in [1.54, 1.807) is 29.0 Å². The van der Waals surface area contributed by atoms with E-state index < -0.39 is 5.82 Å². The minimum absolute atomic E-state index is 0.0699. The zero-order valence-electron chi connectivity index (χ0n) is 17.2. The van der Waals surface area contributed by atoms with Crippen molar-refractivity contribution in [3.8, 4) is 11.3 Å². The summed E-state index contributed by atoms with van der Waals surface area (Å²) < 4.78 is 17.2. The first-order chi connectivity index (χ1) is 14.4. The fraction of sp³-hybridized carbons (Fsp3) is 0.429. The Morgan fingerprint density at radius 2 is 2.30 bits per heavy atom. The summed E-state index contributed by atoms with van der Waals surface area (Å²) in [5.74, 6) is -0.719. The summed E-state index contributed by atoms with van der Waals surface area (Å²) in [4.78, 5) is 32.8. The van der Waals surface area contributed by atoms with Gasteiger partial charge in [0.25, 0.3) is 5.91 Å². The molecule has 2 aromatic rings. The lowest BCUT2D eigenvalue weighted by Crippen LogP contribution is -2.50. The van der Waals surface area contributed by atoms with Crippen LogP contribution in [-0.4, -0.2) is 57.2 Å². The van der Waals surface area contributed by atoms with Crippen LogP contribution in [0.4, 0.5) is 10.2 Å². The second-order valence-corrected chi connectivity index (χ2v) is 7.61. The van der Waals surface area contributed by atoms with Crippen LogP contribution in [0.1, 0.15) is 35.7 Å². The van der Waals surface area contributed by atoms with Gasteiger partial charge in [-0.25, -0.2) is 9.37 Å². The Kier molecular flexibility index (Phi) is 5.27. The van der Waals surface area contributed by atoms with E-state index in [9.17, 15) is 9.59 Å². The maximum absolute atomic E-state index is 15.5. The number of hydrogen-bond acceptors (Lipinski definition) is 5. The minimum atomic E-state index is -0.481. The minimum Gasteiger partial charge on any atom is -0.350 e. The number of nitrogens with one attached hydrogen (secondary N) is 1. The number of aryl methyl sites for hydroxylation is 1. The molecule has 0 radical (unpaired) electrons. The molecule has 4 rings (SSSR count). The molecule has 0 saturated carbocycles. The Labute approximate surface area is 174 Å². The van der Waals surface area contributed by atoms with E-state index in [2.05, 4.69) is 22.0 Å². The molecule has 1 unspecified atom stereocenters. The number of carbonyl (C=O) groups excluding carboxylic acids is 2. The highest BCUT2D eigenvalue weighted by Crippen LogP contribution is 2.35. The molecule has 0 aliphatic carbocycles. The molecule has 0 aromatic carbocycles. The molecule has 2 amide bonds. The van der Waals surface area contributed by atoms with Gasteiger partial charge in [0, 0.05) is 56.6 Å². The first-order valence-electron chi connectivity index (χ1n) is 10.1. The van der Waals surface area contributed by atoms with E-state index in [1.807, 2.05) is 11.8 Å². The average molecular weight is 412 g/mol. The standard InChI is InChI=1S/C21H25FN6O2/c1-4-16(29)27-8-6-7-14(12-27)28(5-2)20-18(22)15-10-23-21(30)17(15)19(25-20)13-9-24-26(3)11-13/h4,9,11,14H,1,5-8,10,12H2,2-3H3,(H,23,30). The van der Waals surface area contributed by atoms with Crippen molar-refractivity contribution in [2.45, 2.75) is 32.4 Å². The number of likely N-dealkylation sites (N-methyl/N-ethyl adjacent to an activating group) is 1. The van der Waals surface area contributed by atoms with Crippen LogP contribution in [0.25, 0.3) is 11.3 Å². The van der Waals surface area contributed by atoms with Crippen LogP contribution in [0.3, 0.4) is 0 Å². The van der Waals surface area contributed by atoms with Crippen LogP contribution in [0.5, 0.6) is 0 Å². The number of carbonyl (C=O) groups is 2. The van der Waals surface area contributed by atoms with Crippen molar-refractivity contribution in [2.75, 3.05) is 24.5 Å². The van der Waals surface area contributed by atoms with E-state index in [-0.39, 0.29) is 35.8 Å². The molecule has 1 N–H and O–H groups in total. The smallest absolute Gasteiger partial charge is 0.254 e. The SMILES string of the molecule is C=CC(=O)N1CCCC(N(CC)c2nc(-c3cnn(C)c3)c3c(c2F)CNC3=O)C1. The van der Waals surface area contributed by atoms with Crippen molar-refractivity contribution >= 4 is 17.6 Å². The number of amides is 2. The largest absolute Gasteiger partial charge is 0.350 e. The summed E-state index contributed by atoms with van der Waals surface area (Å²) >= 11 is 0. The highest BCUT2D eigenvalue weighted by atomic mass is 19.1. The molecule has 9 heteroatoms. The van der Waals surface area contributed by atoms with Gasteiger partial charge in [-0.15, -0.1) is 0 Å². The fourth-order valence-electron chi connectivity index (χ4n) is 4.33. The zero-order valence-corrected chi connectivity index (χ0v) is 17.2. The van der Waals surface area contributed by atoms with E-state index >= 15 is 4.39 Å². The third-order valence-electron chi connectivity index (χ3n) is 5.78. The zero-order chi connectivity index (χ0) is 21.4. The summed E-state index contributed by atoms with van der Waals surface area (Å²) in [6.45, 7) is 7.31. The molecule has 2 aliphatic rings. The molecule has 1 saturated heterocycles. The maximum Gasteiger partial charge on any atom is 0.254 e. The number of pyridine rings is 1. The lowest BCUT2D eigenvalue weighted by molar-refractivity contribution is -0.127. The van der Waals surface area contributed by atoms with Crippen LogP contribution >= 0.6 is 0 Å². The van der Waals surface area contributed by atoms with E-state index in [0.29, 0.717) is 36.5 Å². The van der Waals surface area contributed by atoms with Gasteiger partial charge in [0.1, 0.15) is 0 Å². The highest BCUT2D eigenvalue weighted by Gasteiger charge is 2.34. The average Bonchev–Trinajstić information content (AvgIpc) is 3.36. The monoisotopic (exact) mass is 412 g/mol. The summed E-state index contributed by atoms with van der Waals surface area (Å²) in [6, 6.07) is -0.0699. The topological polar surface area (TPSA) is 83.4 Å². The number of anilines is 1. The number of hydrogen-bond donors (Lipinski definition) is 1. The van der Waals surface area contributed by atoms with Crippen molar-refractivity contribution in [2.24, 2.45) is 7.05 Å². The summed E-state index contributed by atoms with van der Waals surface area (Å²) in [5.41, 5.74) is 1.69. The Balaban J connectivity index is 1.78. The number of halogens is 1. The number of likely N-dealkylation sites (tertiary alicyclic amines) is 1. The lowest BCUT2D eigenvalue weighted by Gasteiger charge is -2.39. The van der Waals surface area contributed by atoms with Gasteiger partial charge in [0.2, 0.25) is 5.91 Å². The Morgan fingerprint density at radius 3 is 2.97 bits per heavy atom. The number of aromatic nitrogens is 3. The highest BCUT2D eigenvalue weighted by molar-refractivity contribution is 6.04. The van der Waals surface area contributed by atoms with Crippen LogP contribution in [0.15, 0.2) is 25.0 Å². The number of rotatable bonds is 5. The van der Waals surface area contributed by atoms with Gasteiger partial charge in [0.15, 0.2) is 11.6 Å². The van der Waals surface area contributed by atoms with Crippen molar-refractivity contribution in [3.63, 3.8) is 0 Å². The van der Waals surface area contributed by atoms with Crippen LogP contribution in [0.2, 0.25) is 0 Å². The van der Waals surface area contributed by atoms with E-state index in [1.165, 1.54) is 6.08 Å². The second-order valence-electron chi connectivity index (χ2n) is 7.61. The van der Waals surface area contributed by atoms with Crippen LogP contribution < -0.4 is 10.2 Å². The van der Waals surface area contributed by atoms with E-state index in [0.717, 1.165) is 12.8 Å². The third-order valence-corrected chi connectivity index (χ3v) is 5.78. The van der Waals surface area contributed by atoms with E-state index in [4.69, 9.17) is 0 Å². The van der Waals surface area contributed by atoms with Gasteiger partial charge in [-0.2, -0.15) is 5.10 Å². The molecule has 8 nitrogen and oxygen atoms in total. The number of piperidine rings is 1. The molecule has 2 aromatic heterocycles. The van der Waals surface area contributed by atoms with Crippen molar-refractivity contribution < 1.29 is 14.0 Å². The fourth-order valence-corrected chi connectivity index (χ4v) is 4.33. The van der Waals surface area contributed by atoms with Gasteiger partial charge in [-0.1, -0.05) is 6.58 Å². The van der Waals surface area contributed by atoms with Gasteiger partial charge in [-0.3, -0.25) is 14.3 Å². The van der Waals surface area contributed by atoms with Gasteiger partial charge >= 0.3 is 0 Å². The third kappa shape index (κ3) is 3.34. The molecule has 30 heavy (non-hydrogen) atoms. The molecule has 4 heterocycles. The number of nitrogens with zero attached hydrogens (tertiary/aromatic N) is 5. The van der Waals surface area contributed by atoms with Crippen LogP contribution in [0, 0.1) is 5.82 Å². The van der Waals surface area contributed by atoms with Crippen molar-refractivity contribution in [1.82, 2.24) is 25.0 Å². The first kappa shape index (κ1) is 20.1. The predicted octanol–water partition coefficient (Wildman–Crippen LogP) is 1.87. The summed E-state index contributed by atoms with van der Waals surface area (Å²) in [6.07, 6.45) is 6.34. The summed E-state index contributed by atoms with van der Waals surface area (Å²) in [7, 11) is 1.78. The second kappa shape index (κ2) is 7.89. The molecule has 158 valence electrons. The lowest BCUT2D eigenvalue weighted by atomic mass is 10.0. The van der Waals surface area contributed by atoms with Gasteiger partial charge in [0.05, 0.1) is 17.5 Å². The van der Waals surface area contributed by atoms with Crippen molar-refractivity contribution in [1.29, 1.82) is 0 Å². The number of fused-ring (bicyclic) bond motifs is 1. The van der Waals surface area contributed by atoms with Gasteiger partial charge < -0.3 is 15.1 Å². The molecular formula is C21H25FN6O2. The summed E-state index contributed by atoms with van der Waals surface area (Å²) in [5, 5.41) is 6.88. The quantitative estimate of drug-likeness (QED) is 0.758. The maximum atomic E-state index is 15.5. The van der Waals surface area contributed by atoms with Crippen LogP contribution in [-0.2, 0) is 18.4 Å². The Hall–Kier alpha value is -3.23. The Morgan fingerprint density at radius 1 is 1.50 bits per heavy atom. The molecule has 1 atom stereocenters. The molecule has 1 fully saturated rings. The van der Waals surface area contributed by atoms with Gasteiger partial charge in [-0.05, 0) is 25.8 Å². The Bertz CT molecular complexity index is 1020. The molecule has 2 aliphatic heterocycles. The normalized spacial score (nSPS) is 18.2. The van der Waals surface area contributed by atoms with Crippen molar-refractivity contribution in [3.05, 3.63) is 42.0 Å². The molecular weight excluding hydrogens is 387 g/mol. The molecule has 0 bridgehead atoms. The predicted molar refractivity (Wildman–Crippen MR) is 110 cm³/mol. The first-order valence-corrected chi connectivity index (χ1v) is 10.1.